The normalized spacial score (nSPS) is 12.7. The summed E-state index contributed by atoms with van der Waals surface area (Å²) in [5.74, 6) is 0.466. The van der Waals surface area contributed by atoms with Crippen molar-refractivity contribution < 1.29 is 28.2 Å². The van der Waals surface area contributed by atoms with E-state index in [-0.39, 0.29) is 24.2 Å². The number of hydrogen-bond donors (Lipinski definition) is 2. The summed E-state index contributed by atoms with van der Waals surface area (Å²) < 4.78 is 28.9. The minimum atomic E-state index is -0.547. The van der Waals surface area contributed by atoms with Crippen LogP contribution in [0.2, 0.25) is 0 Å². The molecule has 0 aliphatic carbocycles. The van der Waals surface area contributed by atoms with Crippen molar-refractivity contribution in [1.82, 2.24) is 5.32 Å². The van der Waals surface area contributed by atoms with Gasteiger partial charge in [-0.2, -0.15) is 0 Å². The van der Waals surface area contributed by atoms with Crippen molar-refractivity contribution in [2.45, 2.75) is 18.9 Å². The molecule has 0 saturated heterocycles. The van der Waals surface area contributed by atoms with Crippen LogP contribution in [0.3, 0.4) is 0 Å². The Bertz CT molecular complexity index is 1150. The second kappa shape index (κ2) is 10.0. The van der Waals surface area contributed by atoms with E-state index in [0.717, 1.165) is 11.1 Å². The zero-order chi connectivity index (χ0) is 23.2. The Morgan fingerprint density at radius 1 is 0.970 bits per heavy atom. The van der Waals surface area contributed by atoms with Crippen LogP contribution in [0, 0.1) is 5.82 Å². The molecular weight excluding hydrogens is 427 g/mol. The second-order valence-electron chi connectivity index (χ2n) is 7.55. The van der Waals surface area contributed by atoms with Crippen LogP contribution in [0.4, 0.5) is 14.9 Å². The number of para-hydroxylation sites is 1. The molecule has 33 heavy (non-hydrogen) atoms. The number of hydrogen-bond acceptors (Lipinski definition) is 5. The van der Waals surface area contributed by atoms with Gasteiger partial charge < -0.3 is 24.8 Å². The third-order valence-corrected chi connectivity index (χ3v) is 5.23. The summed E-state index contributed by atoms with van der Waals surface area (Å²) in [5, 5.41) is 5.68. The van der Waals surface area contributed by atoms with Crippen LogP contribution in [-0.4, -0.2) is 31.9 Å². The van der Waals surface area contributed by atoms with Crippen LogP contribution in [-0.2, 0) is 17.6 Å². The molecular formula is C25H23FN2O5. The fourth-order valence-electron chi connectivity index (χ4n) is 3.66. The Morgan fingerprint density at radius 3 is 2.45 bits per heavy atom. The topological polar surface area (TPSA) is 85.9 Å². The first-order valence-corrected chi connectivity index (χ1v) is 10.4. The van der Waals surface area contributed by atoms with Crippen LogP contribution in [0.1, 0.15) is 21.5 Å². The Hall–Kier alpha value is -4.07. The SMILES string of the molecule is COC(=O)c1ccccc1NC(=O)N[C@@H](Cc1ccc(F)cc1)Cc1ccc2c(c1)OCO2. The highest BCUT2D eigenvalue weighted by atomic mass is 19.1. The van der Waals surface area contributed by atoms with E-state index in [4.69, 9.17) is 14.2 Å². The van der Waals surface area contributed by atoms with E-state index in [0.29, 0.717) is 30.0 Å². The molecule has 1 atom stereocenters. The predicted octanol–water partition coefficient (Wildman–Crippen LogP) is 4.32. The van der Waals surface area contributed by atoms with Gasteiger partial charge in [0.05, 0.1) is 18.4 Å². The smallest absolute Gasteiger partial charge is 0.339 e. The molecule has 0 saturated carbocycles. The molecule has 0 bridgehead atoms. The maximum Gasteiger partial charge on any atom is 0.339 e. The number of amides is 2. The molecule has 1 aliphatic heterocycles. The van der Waals surface area contributed by atoms with Crippen LogP contribution in [0.25, 0.3) is 0 Å². The largest absolute Gasteiger partial charge is 0.465 e. The quantitative estimate of drug-likeness (QED) is 0.524. The monoisotopic (exact) mass is 450 g/mol. The first-order valence-electron chi connectivity index (χ1n) is 10.4. The van der Waals surface area contributed by atoms with Crippen molar-refractivity contribution in [3.63, 3.8) is 0 Å². The van der Waals surface area contributed by atoms with Crippen molar-refractivity contribution in [2.75, 3.05) is 19.2 Å². The first-order chi connectivity index (χ1) is 16.0. The van der Waals surface area contributed by atoms with Crippen LogP contribution >= 0.6 is 0 Å². The van der Waals surface area contributed by atoms with Gasteiger partial charge in [-0.15, -0.1) is 0 Å². The Labute approximate surface area is 190 Å². The van der Waals surface area contributed by atoms with Gasteiger partial charge in [0.2, 0.25) is 6.79 Å². The third-order valence-electron chi connectivity index (χ3n) is 5.23. The highest BCUT2D eigenvalue weighted by Gasteiger charge is 2.19. The molecule has 0 fully saturated rings. The van der Waals surface area contributed by atoms with Gasteiger partial charge >= 0.3 is 12.0 Å². The number of nitrogens with one attached hydrogen (secondary N) is 2. The summed E-state index contributed by atoms with van der Waals surface area (Å²) in [5.41, 5.74) is 2.41. The van der Waals surface area contributed by atoms with Crippen molar-refractivity contribution in [2.24, 2.45) is 0 Å². The van der Waals surface area contributed by atoms with Crippen molar-refractivity contribution in [3.8, 4) is 11.5 Å². The molecule has 3 aromatic carbocycles. The van der Waals surface area contributed by atoms with E-state index in [2.05, 4.69) is 10.6 Å². The van der Waals surface area contributed by atoms with Crippen LogP contribution in [0.5, 0.6) is 11.5 Å². The number of halogens is 1. The lowest BCUT2D eigenvalue weighted by Gasteiger charge is -2.20. The van der Waals surface area contributed by atoms with E-state index in [1.165, 1.54) is 19.2 Å². The van der Waals surface area contributed by atoms with Gasteiger partial charge in [0, 0.05) is 6.04 Å². The van der Waals surface area contributed by atoms with Crippen LogP contribution in [0.15, 0.2) is 66.7 Å². The highest BCUT2D eigenvalue weighted by molar-refractivity contribution is 6.00. The zero-order valence-electron chi connectivity index (χ0n) is 18.0. The molecule has 0 spiro atoms. The number of anilines is 1. The number of esters is 1. The van der Waals surface area contributed by atoms with E-state index in [1.807, 2.05) is 18.2 Å². The maximum absolute atomic E-state index is 13.3. The predicted molar refractivity (Wildman–Crippen MR) is 120 cm³/mol. The lowest BCUT2D eigenvalue weighted by atomic mass is 9.98. The molecule has 7 nitrogen and oxygen atoms in total. The number of fused-ring (bicyclic) bond motifs is 1. The van der Waals surface area contributed by atoms with Gasteiger partial charge in [0.1, 0.15) is 5.82 Å². The van der Waals surface area contributed by atoms with Gasteiger partial charge in [0.15, 0.2) is 11.5 Å². The number of methoxy groups -OCH3 is 1. The summed E-state index contributed by atoms with van der Waals surface area (Å²) in [4.78, 5) is 24.8. The highest BCUT2D eigenvalue weighted by Crippen LogP contribution is 2.33. The Kier molecular flexibility index (Phi) is 6.73. The molecule has 3 aromatic rings. The molecule has 2 amide bonds. The molecule has 2 N–H and O–H groups in total. The minimum absolute atomic E-state index is 0.179. The molecule has 0 aromatic heterocycles. The third kappa shape index (κ3) is 5.60. The average molecular weight is 450 g/mol. The zero-order valence-corrected chi connectivity index (χ0v) is 18.0. The van der Waals surface area contributed by atoms with Gasteiger partial charge in [-0.25, -0.2) is 14.0 Å². The van der Waals surface area contributed by atoms with Gasteiger partial charge in [-0.3, -0.25) is 0 Å². The number of urea groups is 1. The first kappa shape index (κ1) is 22.1. The number of ether oxygens (including phenoxy) is 3. The number of benzene rings is 3. The lowest BCUT2D eigenvalue weighted by molar-refractivity contribution is 0.0602. The van der Waals surface area contributed by atoms with Gasteiger partial charge in [0.25, 0.3) is 0 Å². The Balaban J connectivity index is 1.51. The van der Waals surface area contributed by atoms with Gasteiger partial charge in [-0.1, -0.05) is 30.3 Å². The standard InChI is InChI=1S/C25H23FN2O5/c1-31-24(29)20-4-2-3-5-21(20)28-25(30)27-19(12-16-6-9-18(26)10-7-16)13-17-8-11-22-23(14-17)33-15-32-22/h2-11,14,19H,12-13,15H2,1H3,(H2,27,28,30)/t19-/m0/s1. The van der Waals surface area contributed by atoms with Crippen molar-refractivity contribution in [3.05, 3.63) is 89.2 Å². The number of carbonyl (C=O) groups is 2. The number of rotatable bonds is 7. The fraction of sp³-hybridized carbons (Fsp3) is 0.200. The summed E-state index contributed by atoms with van der Waals surface area (Å²) in [6, 6.07) is 17.6. The average Bonchev–Trinajstić information content (AvgIpc) is 3.28. The summed E-state index contributed by atoms with van der Waals surface area (Å²) >= 11 is 0. The molecule has 170 valence electrons. The minimum Gasteiger partial charge on any atom is -0.465 e. The summed E-state index contributed by atoms with van der Waals surface area (Å²) in [6.45, 7) is 0.179. The summed E-state index contributed by atoms with van der Waals surface area (Å²) in [7, 11) is 1.28. The molecule has 0 unspecified atom stereocenters. The number of carbonyl (C=O) groups excluding carboxylic acids is 2. The molecule has 4 rings (SSSR count). The van der Waals surface area contributed by atoms with E-state index in [1.54, 1.807) is 36.4 Å². The fourth-order valence-corrected chi connectivity index (χ4v) is 3.66. The molecule has 0 radical (unpaired) electrons. The lowest BCUT2D eigenvalue weighted by Crippen LogP contribution is -2.41. The van der Waals surface area contributed by atoms with Gasteiger partial charge in [-0.05, 0) is 60.4 Å². The van der Waals surface area contributed by atoms with E-state index >= 15 is 0 Å². The van der Waals surface area contributed by atoms with Crippen molar-refractivity contribution >= 4 is 17.7 Å². The van der Waals surface area contributed by atoms with E-state index in [9.17, 15) is 14.0 Å². The second-order valence-corrected chi connectivity index (χ2v) is 7.55. The molecule has 1 heterocycles. The maximum atomic E-state index is 13.3. The Morgan fingerprint density at radius 2 is 1.67 bits per heavy atom. The van der Waals surface area contributed by atoms with Crippen molar-refractivity contribution in [1.29, 1.82) is 0 Å². The molecule has 8 heteroatoms. The van der Waals surface area contributed by atoms with E-state index < -0.39 is 12.0 Å². The van der Waals surface area contributed by atoms with Crippen LogP contribution < -0.4 is 20.1 Å². The molecule has 1 aliphatic rings. The summed E-state index contributed by atoms with van der Waals surface area (Å²) in [6.07, 6.45) is 0.973.